The molecule has 0 aromatic rings. The summed E-state index contributed by atoms with van der Waals surface area (Å²) in [5.41, 5.74) is -0.576. The van der Waals surface area contributed by atoms with Crippen molar-refractivity contribution in [3.05, 3.63) is 11.5 Å². The van der Waals surface area contributed by atoms with Gasteiger partial charge in [-0.2, -0.15) is 5.26 Å². The first-order valence-electron chi connectivity index (χ1n) is 4.51. The van der Waals surface area contributed by atoms with Gasteiger partial charge in [-0.1, -0.05) is 34.8 Å². The molecule has 96 valence electrons. The molecule has 0 saturated carbocycles. The molecule has 8 heteroatoms. The van der Waals surface area contributed by atoms with Gasteiger partial charge in [0.15, 0.2) is 5.57 Å². The number of amides is 1. The topological polar surface area (TPSA) is 82.4 Å². The lowest BCUT2D eigenvalue weighted by Gasteiger charge is -2.13. The Kier molecular flexibility index (Phi) is 6.46. The van der Waals surface area contributed by atoms with E-state index >= 15 is 0 Å². The van der Waals surface area contributed by atoms with Gasteiger partial charge in [0.25, 0.3) is 5.91 Å². The van der Waals surface area contributed by atoms with Gasteiger partial charge < -0.3 is 15.2 Å². The predicted octanol–water partition coefficient (Wildman–Crippen LogP) is 2.19. The molecular formula is C9H11Cl3N2O3. The summed E-state index contributed by atoms with van der Waals surface area (Å²) < 4.78 is 2.87. The van der Waals surface area contributed by atoms with E-state index in [0.717, 1.165) is 0 Å². The molecule has 0 aromatic heterocycles. The van der Waals surface area contributed by atoms with E-state index in [2.05, 4.69) is 10.1 Å². The fraction of sp³-hybridized carbons (Fsp3) is 0.556. The summed E-state index contributed by atoms with van der Waals surface area (Å²) in [6, 6.07) is 1.32. The molecule has 0 heterocycles. The largest absolute Gasteiger partial charge is 0.480 e. The molecule has 0 spiro atoms. The van der Waals surface area contributed by atoms with Crippen LogP contribution in [-0.4, -0.2) is 27.5 Å². The molecule has 0 rings (SSSR count). The lowest BCUT2D eigenvalue weighted by atomic mass is 10.2. The second-order valence-corrected chi connectivity index (χ2v) is 5.84. The van der Waals surface area contributed by atoms with Gasteiger partial charge in [0, 0.05) is 6.04 Å². The van der Waals surface area contributed by atoms with E-state index < -0.39 is 27.8 Å². The smallest absolute Gasteiger partial charge is 0.301 e. The summed E-state index contributed by atoms with van der Waals surface area (Å²) in [5.74, 6) is -1.64. The van der Waals surface area contributed by atoms with Gasteiger partial charge in [0.2, 0.25) is 3.79 Å². The first-order valence-corrected chi connectivity index (χ1v) is 5.64. The van der Waals surface area contributed by atoms with E-state index in [1.807, 2.05) is 0 Å². The number of aliphatic hydroxyl groups excluding tert-OH is 1. The average Bonchev–Trinajstić information content (AvgIpc) is 2.13. The molecule has 5 nitrogen and oxygen atoms in total. The van der Waals surface area contributed by atoms with Crippen LogP contribution in [0.1, 0.15) is 13.8 Å². The van der Waals surface area contributed by atoms with E-state index in [9.17, 15) is 9.90 Å². The summed E-state index contributed by atoms with van der Waals surface area (Å²) in [5, 5.41) is 20.5. The molecule has 2 N–H and O–H groups in total. The SMILES string of the molecule is CC(C)NC(=O)/C(C#N)=C(\O)OCC(Cl)(Cl)Cl. The minimum atomic E-state index is -1.75. The second kappa shape index (κ2) is 6.80. The Morgan fingerprint density at radius 2 is 2.06 bits per heavy atom. The Balaban J connectivity index is 4.72. The number of halogens is 3. The van der Waals surface area contributed by atoms with E-state index in [1.165, 1.54) is 6.07 Å². The number of rotatable bonds is 4. The Bertz CT molecular complexity index is 355. The van der Waals surface area contributed by atoms with Gasteiger partial charge in [-0.05, 0) is 13.8 Å². The normalized spacial score (nSPS) is 12.8. The fourth-order valence-corrected chi connectivity index (χ4v) is 0.916. The summed E-state index contributed by atoms with van der Waals surface area (Å²) in [6.07, 6.45) is 0. The highest BCUT2D eigenvalue weighted by Gasteiger charge is 2.24. The Morgan fingerprint density at radius 3 is 2.41 bits per heavy atom. The molecule has 0 aromatic carbocycles. The van der Waals surface area contributed by atoms with Crippen LogP contribution in [0.4, 0.5) is 0 Å². The van der Waals surface area contributed by atoms with Gasteiger partial charge in [0.1, 0.15) is 12.7 Å². The third-order valence-electron chi connectivity index (χ3n) is 1.35. The molecule has 0 aliphatic heterocycles. The number of aliphatic hydroxyl groups is 1. The molecule has 0 aliphatic carbocycles. The van der Waals surface area contributed by atoms with E-state index in [0.29, 0.717) is 0 Å². The van der Waals surface area contributed by atoms with Gasteiger partial charge >= 0.3 is 5.95 Å². The van der Waals surface area contributed by atoms with Crippen molar-refractivity contribution in [2.45, 2.75) is 23.7 Å². The summed E-state index contributed by atoms with van der Waals surface area (Å²) in [4.78, 5) is 11.4. The highest BCUT2D eigenvalue weighted by molar-refractivity contribution is 6.67. The quantitative estimate of drug-likeness (QED) is 0.361. The zero-order valence-electron chi connectivity index (χ0n) is 9.13. The standard InChI is InChI=1S/C9H11Cl3N2O3/c1-5(2)14-7(15)6(3-13)8(16)17-4-9(10,11)12/h5,16H,4H2,1-2H3,(H,14,15)/b8-6+. The van der Waals surface area contributed by atoms with Crippen molar-refractivity contribution in [1.82, 2.24) is 5.32 Å². The number of hydrogen-bond donors (Lipinski definition) is 2. The fourth-order valence-electron chi connectivity index (χ4n) is 0.752. The van der Waals surface area contributed by atoms with Crippen molar-refractivity contribution < 1.29 is 14.6 Å². The van der Waals surface area contributed by atoms with Crippen LogP contribution in [-0.2, 0) is 9.53 Å². The number of nitrogens with one attached hydrogen (secondary N) is 1. The van der Waals surface area contributed by atoms with E-state index in [4.69, 9.17) is 40.1 Å². The molecule has 0 bridgehead atoms. The van der Waals surface area contributed by atoms with Crippen molar-refractivity contribution in [2.24, 2.45) is 0 Å². The zero-order chi connectivity index (χ0) is 13.6. The van der Waals surface area contributed by atoms with Gasteiger partial charge in [-0.3, -0.25) is 4.79 Å². The molecular weight excluding hydrogens is 290 g/mol. The number of carbonyl (C=O) groups excluding carboxylic acids is 1. The Hall–Kier alpha value is -0.830. The van der Waals surface area contributed by atoms with Crippen molar-refractivity contribution in [1.29, 1.82) is 5.26 Å². The molecule has 0 unspecified atom stereocenters. The molecule has 0 aliphatic rings. The number of ether oxygens (including phenoxy) is 1. The van der Waals surface area contributed by atoms with Crippen LogP contribution in [0.3, 0.4) is 0 Å². The number of hydrogen-bond acceptors (Lipinski definition) is 4. The van der Waals surface area contributed by atoms with E-state index in [-0.39, 0.29) is 6.04 Å². The first-order chi connectivity index (χ1) is 7.67. The third-order valence-corrected chi connectivity index (χ3v) is 1.67. The van der Waals surface area contributed by atoms with Crippen LogP contribution in [0.2, 0.25) is 0 Å². The third kappa shape index (κ3) is 7.16. The first kappa shape index (κ1) is 16.2. The van der Waals surface area contributed by atoms with Crippen LogP contribution >= 0.6 is 34.8 Å². The monoisotopic (exact) mass is 300 g/mol. The van der Waals surface area contributed by atoms with Crippen molar-refractivity contribution >= 4 is 40.7 Å². The maximum Gasteiger partial charge on any atom is 0.301 e. The lowest BCUT2D eigenvalue weighted by molar-refractivity contribution is -0.118. The van der Waals surface area contributed by atoms with Gasteiger partial charge in [0.05, 0.1) is 0 Å². The van der Waals surface area contributed by atoms with Crippen LogP contribution in [0.25, 0.3) is 0 Å². The number of nitriles is 1. The van der Waals surface area contributed by atoms with E-state index in [1.54, 1.807) is 13.8 Å². The average molecular weight is 302 g/mol. The summed E-state index contributed by atoms with van der Waals surface area (Å²) in [7, 11) is 0. The lowest BCUT2D eigenvalue weighted by Crippen LogP contribution is -2.32. The van der Waals surface area contributed by atoms with Crippen molar-refractivity contribution in [3.8, 4) is 6.07 Å². The minimum Gasteiger partial charge on any atom is -0.480 e. The minimum absolute atomic E-state index is 0.188. The Morgan fingerprint density at radius 1 is 1.53 bits per heavy atom. The van der Waals surface area contributed by atoms with Crippen LogP contribution in [0.5, 0.6) is 0 Å². The summed E-state index contributed by atoms with van der Waals surface area (Å²) >= 11 is 16.1. The molecule has 0 fully saturated rings. The van der Waals surface area contributed by atoms with Crippen LogP contribution in [0, 0.1) is 11.3 Å². The maximum absolute atomic E-state index is 11.4. The zero-order valence-corrected chi connectivity index (χ0v) is 11.4. The van der Waals surface area contributed by atoms with Crippen molar-refractivity contribution in [3.63, 3.8) is 0 Å². The number of carbonyl (C=O) groups is 1. The molecule has 0 radical (unpaired) electrons. The van der Waals surface area contributed by atoms with Gasteiger partial charge in [-0.15, -0.1) is 0 Å². The second-order valence-electron chi connectivity index (χ2n) is 3.32. The molecule has 0 atom stereocenters. The van der Waals surface area contributed by atoms with Crippen molar-refractivity contribution in [2.75, 3.05) is 6.61 Å². The van der Waals surface area contributed by atoms with Crippen LogP contribution < -0.4 is 5.32 Å². The van der Waals surface area contributed by atoms with Gasteiger partial charge in [-0.25, -0.2) is 0 Å². The molecule has 1 amide bonds. The maximum atomic E-state index is 11.4. The predicted molar refractivity (Wildman–Crippen MR) is 64.8 cm³/mol. The molecule has 0 saturated heterocycles. The summed E-state index contributed by atoms with van der Waals surface area (Å²) in [6.45, 7) is 2.92. The Labute approximate surface area is 114 Å². The van der Waals surface area contributed by atoms with Crippen LogP contribution in [0.15, 0.2) is 11.5 Å². The number of nitrogens with zero attached hydrogens (tertiary/aromatic N) is 1. The molecule has 17 heavy (non-hydrogen) atoms. The highest BCUT2D eigenvalue weighted by Crippen LogP contribution is 2.26. The highest BCUT2D eigenvalue weighted by atomic mass is 35.6. The number of alkyl halides is 3.